The first-order chi connectivity index (χ1) is 52.9. The molecule has 0 aliphatic heterocycles. The quantitative estimate of drug-likeness (QED) is 0.0292. The van der Waals surface area contributed by atoms with E-state index in [4.69, 9.17) is 31.2 Å². The van der Waals surface area contributed by atoms with Gasteiger partial charge in [0.25, 0.3) is 5.91 Å². The van der Waals surface area contributed by atoms with E-state index in [1.807, 2.05) is 188 Å². The Balaban J connectivity index is 0.000000249. The minimum Gasteiger partial charge on any atom is -0.480 e. The molecule has 0 heterocycles. The number of ketones is 3. The van der Waals surface area contributed by atoms with Gasteiger partial charge in [0.15, 0.2) is 17.3 Å². The Morgan fingerprint density at radius 2 is 0.670 bits per heavy atom. The van der Waals surface area contributed by atoms with Gasteiger partial charge in [0.2, 0.25) is 20.0 Å². The largest absolute Gasteiger partial charge is 0.480 e. The van der Waals surface area contributed by atoms with Gasteiger partial charge in [-0.1, -0.05) is 218 Å². The fourth-order valence-electron chi connectivity index (χ4n) is 9.94. The van der Waals surface area contributed by atoms with Crippen LogP contribution in [0.2, 0.25) is 0 Å². The summed E-state index contributed by atoms with van der Waals surface area (Å²) in [7, 11) is -1.58. The second kappa shape index (κ2) is 44.4. The molecule has 0 fully saturated rings. The van der Waals surface area contributed by atoms with Crippen molar-refractivity contribution < 1.29 is 74.9 Å². The van der Waals surface area contributed by atoms with E-state index >= 15 is 0 Å². The van der Waals surface area contributed by atoms with Gasteiger partial charge in [-0.05, 0) is 151 Å². The molecule has 0 bridgehead atoms. The average molecular weight is 1560 g/mol. The number of aliphatic carboxylic acids is 1. The van der Waals surface area contributed by atoms with Crippen molar-refractivity contribution >= 4 is 73.1 Å². The molecule has 10 aromatic rings. The van der Waals surface area contributed by atoms with Gasteiger partial charge in [-0.3, -0.25) is 24.0 Å². The minimum atomic E-state index is -3.65. The molecule has 0 aromatic heterocycles. The molecule has 10 aromatic carbocycles. The van der Waals surface area contributed by atoms with Crippen LogP contribution in [0.1, 0.15) is 78.9 Å². The number of nitrogens with one attached hydrogen (secondary N) is 3. The summed E-state index contributed by atoms with van der Waals surface area (Å²) in [6.07, 6.45) is -0.414. The summed E-state index contributed by atoms with van der Waals surface area (Å²) in [5.41, 5.74) is 22.5. The van der Waals surface area contributed by atoms with Crippen molar-refractivity contribution in [1.82, 2.24) is 24.6 Å². The van der Waals surface area contributed by atoms with Gasteiger partial charge >= 0.3 is 24.1 Å². The van der Waals surface area contributed by atoms with Crippen LogP contribution in [-0.4, -0.2) is 149 Å². The van der Waals surface area contributed by atoms with Crippen molar-refractivity contribution in [2.24, 2.45) is 5.73 Å². The number of anilines is 1. The van der Waals surface area contributed by atoms with E-state index in [1.54, 1.807) is 41.5 Å². The molecule has 0 radical (unpaired) electrons. The van der Waals surface area contributed by atoms with Gasteiger partial charge in [-0.25, -0.2) is 39.8 Å². The third-order valence-electron chi connectivity index (χ3n) is 15.3. The number of hydrogen-bond donors (Lipinski definition) is 7. The lowest BCUT2D eigenvalue weighted by atomic mass is 10.0. The fourth-order valence-corrected chi connectivity index (χ4v) is 11.8. The summed E-state index contributed by atoms with van der Waals surface area (Å²) in [4.78, 5) is 91.2. The van der Waals surface area contributed by atoms with E-state index in [0.29, 0.717) is 6.42 Å². The summed E-state index contributed by atoms with van der Waals surface area (Å²) < 4.78 is 59.8. The highest BCUT2D eigenvalue weighted by Gasteiger charge is 2.22. The van der Waals surface area contributed by atoms with Crippen LogP contribution in [0.25, 0.3) is 44.5 Å². The van der Waals surface area contributed by atoms with Crippen LogP contribution in [0.15, 0.2) is 277 Å². The van der Waals surface area contributed by atoms with E-state index in [-0.39, 0.29) is 70.7 Å². The molecule has 0 aliphatic rings. The van der Waals surface area contributed by atoms with Gasteiger partial charge in [0.1, 0.15) is 17.7 Å². The van der Waals surface area contributed by atoms with Crippen LogP contribution < -0.4 is 27.4 Å². The van der Waals surface area contributed by atoms with Crippen LogP contribution in [-0.2, 0) is 68.0 Å². The molecule has 0 saturated heterocycles. The molecule has 3 amide bonds. The number of aromatic carboxylic acids is 1. The summed E-state index contributed by atoms with van der Waals surface area (Å²) in [5, 5.41) is 24.0. The number of hydrogen-bond acceptors (Lipinski definition) is 16. The molecule has 23 nitrogen and oxygen atoms in total. The summed E-state index contributed by atoms with van der Waals surface area (Å²) in [6, 6.07) is 82.7. The lowest BCUT2D eigenvalue weighted by Crippen LogP contribution is -2.35. The topological polar surface area (TPSA) is 358 Å². The Hall–Kier alpha value is -12.3. The Bertz CT molecular complexity index is 5000. The second-order valence-electron chi connectivity index (χ2n) is 27.3. The maximum absolute atomic E-state index is 12.4. The number of nitrogens with two attached hydrogens (primary N) is 2. The first-order valence-electron chi connectivity index (χ1n) is 35.2. The number of rotatable bonds is 23. The molecule has 25 heteroatoms. The standard InChI is InChI=1S/C24H24N2O4S.C20H23NO3.C15H15NO.C12H11N.C9H11NO4S.C7H13NO4/c1-26(2)31(29,30)23-13-7-12-21(16-23)24(28)25-17-22(27)15-18-8-6-11-20(14-18)19-9-4-3-5-10-19;1-20(2,3)24-19(23)21-14-18(22)13-15-8-7-11-17(12-15)16-9-5-4-6-10-16;16-11-15(17)10-12-5-4-8-14(9-12)13-6-2-1-3-7-13;13-12-8-4-7-11(9-12)10-5-2-1-3-6-10;1-10(2)15(13,14)8-5-3-4-7(6-8)9(11)12;1-7(2,3)12-6(11)8-4-5(9)10/h3-14,16H,15,17H2,1-2H3,(H,25,28);4-12H,13-14H2,1-3H3,(H,21,23);1-9H,10-11,16H2;1-9H,13H2;3-6H,1-2H3,(H,11,12);4H2,1-3H3,(H,8,11)(H,9,10). The van der Waals surface area contributed by atoms with Crippen molar-refractivity contribution in [3.8, 4) is 44.5 Å². The van der Waals surface area contributed by atoms with Crippen LogP contribution in [0.3, 0.4) is 0 Å². The number of ether oxygens (including phenoxy) is 2. The van der Waals surface area contributed by atoms with Crippen LogP contribution in [0.5, 0.6) is 0 Å². The van der Waals surface area contributed by atoms with Crippen molar-refractivity contribution in [1.29, 1.82) is 0 Å². The van der Waals surface area contributed by atoms with Crippen LogP contribution in [0.4, 0.5) is 15.3 Å². The Morgan fingerprint density at radius 3 is 1.00 bits per heavy atom. The fraction of sp³-hybridized carbons (Fsp3) is 0.218. The highest BCUT2D eigenvalue weighted by atomic mass is 32.2. The van der Waals surface area contributed by atoms with Gasteiger partial charge in [0, 0.05) is 58.7 Å². The van der Waals surface area contributed by atoms with Crippen LogP contribution >= 0.6 is 0 Å². The van der Waals surface area contributed by atoms with Gasteiger partial charge < -0.3 is 47.1 Å². The maximum atomic E-state index is 12.4. The molecule has 0 atom stereocenters. The number of nitrogens with zero attached hydrogens (tertiary/aromatic N) is 2. The van der Waals surface area contributed by atoms with Crippen molar-refractivity contribution in [2.45, 2.75) is 81.8 Å². The van der Waals surface area contributed by atoms with Gasteiger partial charge in [0.05, 0.1) is 35.0 Å². The number of carbonyl (C=O) groups is 8. The van der Waals surface area contributed by atoms with Crippen molar-refractivity contribution in [3.05, 3.63) is 295 Å². The van der Waals surface area contributed by atoms with E-state index in [2.05, 4.69) is 46.3 Å². The molecule has 0 aliphatic carbocycles. The summed E-state index contributed by atoms with van der Waals surface area (Å²) >= 11 is 0. The SMILES string of the molecule is CC(C)(C)OC(=O)NCC(=O)Cc1cccc(-c2ccccc2)c1.CC(C)(C)OC(=O)NCC(=O)O.CN(C)S(=O)(=O)c1cccc(C(=O)NCC(=O)Cc2cccc(-c3ccccc3)c2)c1.CN(C)S(=O)(=O)c1cccc(C(=O)O)c1.NCC(=O)Cc1cccc(-c2ccccc2)c1.Nc1cccc(-c2ccccc2)c1. The molecule has 112 heavy (non-hydrogen) atoms. The first kappa shape index (κ1) is 90.4. The molecule has 10 rings (SSSR count). The monoisotopic (exact) mass is 1560 g/mol. The predicted octanol–water partition coefficient (Wildman–Crippen LogP) is 13.7. The normalized spacial score (nSPS) is 10.9. The Morgan fingerprint density at radius 1 is 0.366 bits per heavy atom. The Kier molecular flexibility index (Phi) is 35.8. The first-order valence-corrected chi connectivity index (χ1v) is 38.1. The number of alkyl carbamates (subject to hydrolysis) is 2. The average Bonchev–Trinajstić information content (AvgIpc) is 0.836. The van der Waals surface area contributed by atoms with Gasteiger partial charge in [-0.2, -0.15) is 0 Å². The number of carboxylic acid groups (broad SMARTS) is 2. The lowest BCUT2D eigenvalue weighted by molar-refractivity contribution is -0.136. The predicted molar refractivity (Wildman–Crippen MR) is 437 cm³/mol. The highest BCUT2D eigenvalue weighted by molar-refractivity contribution is 7.89. The van der Waals surface area contributed by atoms with E-state index in [9.17, 15) is 55.2 Å². The number of Topliss-reactive ketones (excluding diaryl/α,β-unsaturated/α-hetero) is 3. The number of nitrogen functional groups attached to an aromatic ring is 1. The zero-order chi connectivity index (χ0) is 82.6. The smallest absolute Gasteiger partial charge is 0.408 e. The molecular weight excluding hydrogens is 1460 g/mol. The zero-order valence-corrected chi connectivity index (χ0v) is 66.0. The molecule has 588 valence electrons. The van der Waals surface area contributed by atoms with Crippen molar-refractivity contribution in [3.63, 3.8) is 0 Å². The third kappa shape index (κ3) is 32.9. The number of amides is 3. The van der Waals surface area contributed by atoms with Gasteiger partial charge in [-0.15, -0.1) is 0 Å². The third-order valence-corrected chi connectivity index (χ3v) is 18.9. The summed E-state index contributed by atoms with van der Waals surface area (Å²) in [6.45, 7) is 9.96. The second-order valence-corrected chi connectivity index (χ2v) is 31.6. The molecule has 0 saturated carbocycles. The zero-order valence-electron chi connectivity index (χ0n) is 64.3. The Labute approximate surface area is 655 Å². The molecular formula is C87H97N7O16S2. The number of sulfonamides is 2. The molecule has 0 unspecified atom stereocenters. The van der Waals surface area contributed by atoms with E-state index in [1.165, 1.54) is 81.8 Å². The maximum Gasteiger partial charge on any atom is 0.408 e. The molecule has 9 N–H and O–H groups in total. The van der Waals surface area contributed by atoms with E-state index in [0.717, 1.165) is 70.4 Å². The number of carboxylic acids is 2. The number of benzene rings is 10. The van der Waals surface area contributed by atoms with Crippen molar-refractivity contribution in [2.75, 3.05) is 60.1 Å². The van der Waals surface area contributed by atoms with Crippen LogP contribution in [0, 0.1) is 0 Å². The summed E-state index contributed by atoms with van der Waals surface area (Å²) in [5.74, 6) is -2.88. The lowest BCUT2D eigenvalue weighted by Gasteiger charge is -2.19. The highest BCUT2D eigenvalue weighted by Crippen LogP contribution is 2.25. The molecule has 0 spiro atoms. The minimum absolute atomic E-state index is 0.0209. The number of carbonyl (C=O) groups excluding carboxylic acids is 6. The van der Waals surface area contributed by atoms with E-state index < -0.39 is 67.8 Å².